The van der Waals surface area contributed by atoms with Crippen LogP contribution in [0.5, 0.6) is 0 Å². The fraction of sp³-hybridized carbons (Fsp3) is 0.0545. The highest BCUT2D eigenvalue weighted by molar-refractivity contribution is 6.23. The van der Waals surface area contributed by atoms with Crippen LogP contribution in [-0.2, 0) is 5.41 Å². The van der Waals surface area contributed by atoms with Crippen LogP contribution in [0, 0.1) is 0 Å². The Morgan fingerprint density at radius 3 is 1.50 bits per heavy atom. The van der Waals surface area contributed by atoms with Crippen LogP contribution < -0.4 is 0 Å². The highest BCUT2D eigenvalue weighted by atomic mass is 15.0. The van der Waals surface area contributed by atoms with Gasteiger partial charge in [0.1, 0.15) is 0 Å². The molecule has 0 saturated heterocycles. The van der Waals surface area contributed by atoms with Crippen molar-refractivity contribution in [3.63, 3.8) is 0 Å². The molecule has 11 aromatic rings. The summed E-state index contributed by atoms with van der Waals surface area (Å²) in [5.41, 5.74) is 18.1. The average molecular weight is 740 g/mol. The third kappa shape index (κ3) is 4.80. The van der Waals surface area contributed by atoms with E-state index in [1.807, 2.05) is 0 Å². The van der Waals surface area contributed by atoms with E-state index < -0.39 is 0 Å². The number of hydrogen-bond acceptors (Lipinski definition) is 2. The van der Waals surface area contributed by atoms with Crippen molar-refractivity contribution >= 4 is 54.4 Å². The molecule has 1 aliphatic carbocycles. The number of para-hydroxylation sites is 2. The van der Waals surface area contributed by atoms with E-state index in [0.717, 1.165) is 21.8 Å². The monoisotopic (exact) mass is 739 g/mol. The molecule has 1 aliphatic rings. The van der Waals surface area contributed by atoms with Gasteiger partial charge in [0.25, 0.3) is 0 Å². The number of rotatable bonds is 4. The second-order valence-corrected chi connectivity index (χ2v) is 16.2. The van der Waals surface area contributed by atoms with Crippen molar-refractivity contribution in [2.24, 2.45) is 0 Å². The van der Waals surface area contributed by atoms with E-state index >= 15 is 0 Å². The largest absolute Gasteiger partial charge is 0.309 e. The van der Waals surface area contributed by atoms with E-state index in [2.05, 4.69) is 194 Å². The molecule has 0 amide bonds. The maximum Gasteiger partial charge on any atom is 0.0971 e. The molecule has 0 radical (unpaired) electrons. The Bertz CT molecular complexity index is 3430. The summed E-state index contributed by atoms with van der Waals surface area (Å²) in [7, 11) is 0. The van der Waals surface area contributed by atoms with E-state index in [1.165, 1.54) is 93.9 Å². The third-order valence-electron chi connectivity index (χ3n) is 12.7. The van der Waals surface area contributed by atoms with Gasteiger partial charge in [-0.05, 0) is 109 Å². The predicted molar refractivity (Wildman–Crippen MR) is 243 cm³/mol. The summed E-state index contributed by atoms with van der Waals surface area (Å²) in [6.07, 6.45) is 3.56. The van der Waals surface area contributed by atoms with Gasteiger partial charge in [-0.25, -0.2) is 0 Å². The lowest BCUT2D eigenvalue weighted by molar-refractivity contribution is 0.661. The Hall–Kier alpha value is -7.36. The van der Waals surface area contributed by atoms with E-state index in [4.69, 9.17) is 9.97 Å². The molecule has 0 unspecified atom stereocenters. The highest BCUT2D eigenvalue weighted by Gasteiger charge is 2.36. The van der Waals surface area contributed by atoms with Crippen LogP contribution in [0.4, 0.5) is 0 Å². The highest BCUT2D eigenvalue weighted by Crippen LogP contribution is 2.51. The molecule has 2 aromatic heterocycles. The minimum absolute atomic E-state index is 0.151. The van der Waals surface area contributed by atoms with Gasteiger partial charge in [-0.3, -0.25) is 9.97 Å². The zero-order valence-corrected chi connectivity index (χ0v) is 32.2. The first-order valence-corrected chi connectivity index (χ1v) is 20.1. The normalized spacial score (nSPS) is 13.1. The van der Waals surface area contributed by atoms with Gasteiger partial charge < -0.3 is 4.57 Å². The van der Waals surface area contributed by atoms with Crippen molar-refractivity contribution in [1.29, 1.82) is 0 Å². The molecule has 0 saturated carbocycles. The zero-order chi connectivity index (χ0) is 38.5. The van der Waals surface area contributed by atoms with Gasteiger partial charge in [0.05, 0.1) is 22.1 Å². The summed E-state index contributed by atoms with van der Waals surface area (Å²) < 4.78 is 2.40. The van der Waals surface area contributed by atoms with Gasteiger partial charge in [-0.15, -0.1) is 0 Å². The number of fused-ring (bicyclic) bond motifs is 12. The molecule has 58 heavy (non-hydrogen) atoms. The molecule has 12 rings (SSSR count). The van der Waals surface area contributed by atoms with Crippen molar-refractivity contribution in [3.05, 3.63) is 199 Å². The lowest BCUT2D eigenvalue weighted by Gasteiger charge is -2.22. The van der Waals surface area contributed by atoms with E-state index in [0.29, 0.717) is 0 Å². The molecule has 3 nitrogen and oxygen atoms in total. The maximum absolute atomic E-state index is 4.74. The first-order valence-electron chi connectivity index (χ1n) is 20.1. The lowest BCUT2D eigenvalue weighted by atomic mass is 9.81. The lowest BCUT2D eigenvalue weighted by Crippen LogP contribution is -2.15. The van der Waals surface area contributed by atoms with Crippen LogP contribution in [0.1, 0.15) is 25.0 Å². The summed E-state index contributed by atoms with van der Waals surface area (Å²) in [5, 5.41) is 7.20. The zero-order valence-electron chi connectivity index (χ0n) is 32.2. The van der Waals surface area contributed by atoms with Gasteiger partial charge in [0, 0.05) is 45.0 Å². The number of nitrogens with zero attached hydrogens (tertiary/aromatic N) is 3. The van der Waals surface area contributed by atoms with Crippen molar-refractivity contribution in [2.45, 2.75) is 19.3 Å². The fourth-order valence-corrected chi connectivity index (χ4v) is 9.77. The van der Waals surface area contributed by atoms with Crippen LogP contribution in [0.3, 0.4) is 0 Å². The third-order valence-corrected chi connectivity index (χ3v) is 12.7. The first-order chi connectivity index (χ1) is 28.5. The predicted octanol–water partition coefficient (Wildman–Crippen LogP) is 14.3. The second kappa shape index (κ2) is 12.3. The Kier molecular flexibility index (Phi) is 6.98. The van der Waals surface area contributed by atoms with Crippen molar-refractivity contribution in [3.8, 4) is 50.2 Å². The molecule has 0 N–H and O–H groups in total. The van der Waals surface area contributed by atoms with Crippen LogP contribution in [0.2, 0.25) is 0 Å². The molecular weight excluding hydrogens is 703 g/mol. The molecule has 0 fully saturated rings. The van der Waals surface area contributed by atoms with Crippen molar-refractivity contribution in [2.75, 3.05) is 0 Å². The van der Waals surface area contributed by atoms with E-state index in [9.17, 15) is 0 Å². The summed E-state index contributed by atoms with van der Waals surface area (Å²) >= 11 is 0. The quantitative estimate of drug-likeness (QED) is 0.168. The van der Waals surface area contributed by atoms with Gasteiger partial charge in [-0.1, -0.05) is 147 Å². The van der Waals surface area contributed by atoms with Crippen LogP contribution in [0.15, 0.2) is 188 Å². The van der Waals surface area contributed by atoms with Crippen molar-refractivity contribution < 1.29 is 0 Å². The van der Waals surface area contributed by atoms with Gasteiger partial charge in [0.2, 0.25) is 0 Å². The van der Waals surface area contributed by atoms with Gasteiger partial charge in [0.15, 0.2) is 0 Å². The Balaban J connectivity index is 0.888. The molecular formula is C55H37N3. The number of hydrogen-bond donors (Lipinski definition) is 0. The minimum atomic E-state index is -0.151. The molecule has 0 aliphatic heterocycles. The SMILES string of the molecule is CC1(C)c2cc(-c3ccc(-c4ccc5c(c4)c4ccccc4c4nccnc54)cc3)ccc2-c2ccc(-c3ccc4c5ccccc5n(-c5ccccc5)c4c3)cc21. The summed E-state index contributed by atoms with van der Waals surface area (Å²) in [4.78, 5) is 9.44. The molecule has 0 bridgehead atoms. The smallest absolute Gasteiger partial charge is 0.0971 e. The van der Waals surface area contributed by atoms with Crippen LogP contribution in [0.25, 0.3) is 105 Å². The molecule has 272 valence electrons. The molecule has 3 heteroatoms. The Labute approximate surface area is 336 Å². The number of aromatic nitrogens is 3. The summed E-state index contributed by atoms with van der Waals surface area (Å²) in [5.74, 6) is 0. The standard InChI is InChI=1S/C55H37N3/c1-55(2)49-31-37(35-18-16-34(17-19-35)36-23-27-47-48(30-36)41-12-6-7-14-46(41)53-54(47)57-29-28-56-53)20-24-42(49)43-25-21-38(32-50(43)55)39-22-26-45-44-13-8-9-15-51(44)58(52(45)33-39)40-10-4-3-5-11-40/h3-33H,1-2H3. The molecule has 0 atom stereocenters. The second-order valence-electron chi connectivity index (χ2n) is 16.2. The van der Waals surface area contributed by atoms with Gasteiger partial charge >= 0.3 is 0 Å². The van der Waals surface area contributed by atoms with Crippen LogP contribution >= 0.6 is 0 Å². The minimum Gasteiger partial charge on any atom is -0.309 e. The molecule has 9 aromatic carbocycles. The van der Waals surface area contributed by atoms with E-state index in [-0.39, 0.29) is 5.41 Å². The maximum atomic E-state index is 4.74. The Morgan fingerprint density at radius 1 is 0.362 bits per heavy atom. The van der Waals surface area contributed by atoms with Crippen molar-refractivity contribution in [1.82, 2.24) is 14.5 Å². The topological polar surface area (TPSA) is 30.7 Å². The average Bonchev–Trinajstić information content (AvgIpc) is 3.73. The fourth-order valence-electron chi connectivity index (χ4n) is 9.77. The molecule has 0 spiro atoms. The molecule has 2 heterocycles. The summed E-state index contributed by atoms with van der Waals surface area (Å²) in [6.45, 7) is 4.76. The summed E-state index contributed by atoms with van der Waals surface area (Å²) in [6, 6.07) is 64.8. The van der Waals surface area contributed by atoms with Crippen LogP contribution in [-0.4, -0.2) is 14.5 Å². The number of benzene rings is 9. The first kappa shape index (κ1) is 32.8. The van der Waals surface area contributed by atoms with E-state index in [1.54, 1.807) is 12.4 Å². The van der Waals surface area contributed by atoms with Gasteiger partial charge in [-0.2, -0.15) is 0 Å². The Morgan fingerprint density at radius 2 is 0.828 bits per heavy atom.